The molecule has 3 aromatic carbocycles. The fraction of sp³-hybridized carbons (Fsp3) is 0.194. The van der Waals surface area contributed by atoms with Crippen LogP contribution in [-0.4, -0.2) is 45.7 Å². The molecule has 10 nitrogen and oxygen atoms in total. The maximum Gasteiger partial charge on any atom is 0.326 e. The third kappa shape index (κ3) is 5.89. The molecule has 1 aliphatic heterocycles. The van der Waals surface area contributed by atoms with Crippen LogP contribution in [0.3, 0.4) is 0 Å². The standard InChI is InChI=1S/C31H27ClN4O6/c1-17(37)22-10-8-20(32)15-23(22)24-16-28(38)36(35-30(24)42-2)27(12-18-6-4-3-5-7-18)29(39)33-21-9-11-25-19(13-21)14-26(34-25)31(40)41/h3-11,13,15-16,26-27,34H,12,14H2,1-2H3,(H,33,39)(H,40,41)/t26?,27-/m0/s1. The average Bonchev–Trinajstić information content (AvgIpc) is 3.40. The smallest absolute Gasteiger partial charge is 0.326 e. The van der Waals surface area contributed by atoms with E-state index in [4.69, 9.17) is 16.3 Å². The van der Waals surface area contributed by atoms with Crippen molar-refractivity contribution in [3.8, 4) is 17.0 Å². The molecular formula is C31H27ClN4O6. The molecule has 1 unspecified atom stereocenters. The van der Waals surface area contributed by atoms with E-state index >= 15 is 0 Å². The van der Waals surface area contributed by atoms with Crippen LogP contribution in [0, 0.1) is 0 Å². The quantitative estimate of drug-likeness (QED) is 0.241. The summed E-state index contributed by atoms with van der Waals surface area (Å²) in [6.45, 7) is 1.41. The molecule has 11 heteroatoms. The Kier molecular flexibility index (Phi) is 8.08. The van der Waals surface area contributed by atoms with Crippen LogP contribution >= 0.6 is 11.6 Å². The van der Waals surface area contributed by atoms with Gasteiger partial charge in [0.1, 0.15) is 12.1 Å². The molecule has 0 saturated heterocycles. The molecule has 0 bridgehead atoms. The van der Waals surface area contributed by atoms with Gasteiger partial charge in [0, 0.05) is 40.9 Å². The van der Waals surface area contributed by atoms with Gasteiger partial charge in [-0.1, -0.05) is 41.9 Å². The molecular weight excluding hydrogens is 560 g/mol. The fourth-order valence-electron chi connectivity index (χ4n) is 5.01. The number of anilines is 2. The zero-order valence-corrected chi connectivity index (χ0v) is 23.5. The normalized spacial score (nSPS) is 14.4. The number of carboxylic acids is 1. The Hall–Kier alpha value is -4.96. The van der Waals surface area contributed by atoms with Gasteiger partial charge in [0.15, 0.2) is 5.78 Å². The van der Waals surface area contributed by atoms with Crippen molar-refractivity contribution < 1.29 is 24.2 Å². The monoisotopic (exact) mass is 586 g/mol. The van der Waals surface area contributed by atoms with Crippen molar-refractivity contribution in [3.63, 3.8) is 0 Å². The molecule has 3 N–H and O–H groups in total. The number of hydrogen-bond donors (Lipinski definition) is 3. The number of benzene rings is 3. The van der Waals surface area contributed by atoms with Crippen molar-refractivity contribution in [2.75, 3.05) is 17.7 Å². The summed E-state index contributed by atoms with van der Waals surface area (Å²) in [7, 11) is 1.38. The third-order valence-electron chi connectivity index (χ3n) is 7.06. The van der Waals surface area contributed by atoms with Crippen molar-refractivity contribution in [3.05, 3.63) is 105 Å². The van der Waals surface area contributed by atoms with Crippen LogP contribution in [0.15, 0.2) is 77.6 Å². The zero-order valence-electron chi connectivity index (χ0n) is 22.8. The van der Waals surface area contributed by atoms with Crippen LogP contribution in [0.2, 0.25) is 5.02 Å². The second-order valence-electron chi connectivity index (χ2n) is 9.90. The predicted octanol–water partition coefficient (Wildman–Crippen LogP) is 4.62. The Bertz CT molecular complexity index is 1750. The largest absolute Gasteiger partial charge is 0.480 e. The van der Waals surface area contributed by atoms with Gasteiger partial charge < -0.3 is 20.5 Å². The number of amides is 1. The van der Waals surface area contributed by atoms with Gasteiger partial charge in [-0.15, -0.1) is 5.10 Å². The topological polar surface area (TPSA) is 140 Å². The Morgan fingerprint density at radius 3 is 2.55 bits per heavy atom. The van der Waals surface area contributed by atoms with Crippen LogP contribution in [0.5, 0.6) is 5.88 Å². The molecule has 0 spiro atoms. The van der Waals surface area contributed by atoms with E-state index in [0.717, 1.165) is 15.8 Å². The van der Waals surface area contributed by atoms with Crippen molar-refractivity contribution in [1.29, 1.82) is 0 Å². The average molecular weight is 587 g/mol. The lowest BCUT2D eigenvalue weighted by Crippen LogP contribution is -2.36. The summed E-state index contributed by atoms with van der Waals surface area (Å²) in [6.07, 6.45) is 0.415. The summed E-state index contributed by atoms with van der Waals surface area (Å²) in [5.41, 5.74) is 3.10. The number of ketones is 1. The lowest BCUT2D eigenvalue weighted by atomic mass is 9.98. The number of methoxy groups -OCH3 is 1. The number of nitrogens with one attached hydrogen (secondary N) is 2. The van der Waals surface area contributed by atoms with E-state index in [0.29, 0.717) is 27.5 Å². The molecule has 2 atom stereocenters. The number of carbonyl (C=O) groups is 3. The summed E-state index contributed by atoms with van der Waals surface area (Å²) in [5, 5.41) is 19.9. The number of Topliss-reactive ketones (excluding diaryl/α,β-unsaturated/α-hetero) is 1. The van der Waals surface area contributed by atoms with E-state index < -0.39 is 29.5 Å². The molecule has 5 rings (SSSR count). The summed E-state index contributed by atoms with van der Waals surface area (Å²) < 4.78 is 6.60. The number of carbonyl (C=O) groups excluding carboxylic acids is 2. The third-order valence-corrected chi connectivity index (χ3v) is 7.30. The summed E-state index contributed by atoms with van der Waals surface area (Å²) in [5.74, 6) is -1.66. The highest BCUT2D eigenvalue weighted by atomic mass is 35.5. The first kappa shape index (κ1) is 28.6. The highest BCUT2D eigenvalue weighted by molar-refractivity contribution is 6.31. The van der Waals surface area contributed by atoms with Crippen molar-refractivity contribution in [2.45, 2.75) is 31.8 Å². The van der Waals surface area contributed by atoms with Crippen LogP contribution < -0.4 is 20.9 Å². The van der Waals surface area contributed by atoms with Gasteiger partial charge in [-0.25, -0.2) is 9.48 Å². The van der Waals surface area contributed by atoms with Gasteiger partial charge in [-0.3, -0.25) is 14.4 Å². The lowest BCUT2D eigenvalue weighted by Gasteiger charge is -2.21. The molecule has 214 valence electrons. The number of aromatic nitrogens is 2. The molecule has 42 heavy (non-hydrogen) atoms. The minimum absolute atomic E-state index is 0.0357. The van der Waals surface area contributed by atoms with Crippen LogP contribution in [-0.2, 0) is 22.4 Å². The minimum Gasteiger partial charge on any atom is -0.480 e. The van der Waals surface area contributed by atoms with Gasteiger partial charge in [0.25, 0.3) is 5.56 Å². The van der Waals surface area contributed by atoms with E-state index in [2.05, 4.69) is 15.7 Å². The van der Waals surface area contributed by atoms with Crippen molar-refractivity contribution in [1.82, 2.24) is 9.78 Å². The van der Waals surface area contributed by atoms with Crippen LogP contribution in [0.1, 0.15) is 34.5 Å². The molecule has 1 aromatic heterocycles. The maximum atomic E-state index is 13.8. The summed E-state index contributed by atoms with van der Waals surface area (Å²) in [6, 6.07) is 18.5. The van der Waals surface area contributed by atoms with Crippen LogP contribution in [0.25, 0.3) is 11.1 Å². The van der Waals surface area contributed by atoms with Crippen LogP contribution in [0.4, 0.5) is 11.4 Å². The van der Waals surface area contributed by atoms with Gasteiger partial charge in [-0.05, 0) is 60.0 Å². The van der Waals surface area contributed by atoms with E-state index in [1.54, 1.807) is 36.4 Å². The number of ether oxygens (including phenoxy) is 1. The molecule has 0 radical (unpaired) electrons. The van der Waals surface area contributed by atoms with E-state index in [9.17, 15) is 24.3 Å². The number of halogens is 1. The Morgan fingerprint density at radius 1 is 1.10 bits per heavy atom. The Morgan fingerprint density at radius 2 is 1.86 bits per heavy atom. The van der Waals surface area contributed by atoms with E-state index in [1.165, 1.54) is 20.1 Å². The van der Waals surface area contributed by atoms with E-state index in [1.807, 2.05) is 30.3 Å². The molecule has 0 fully saturated rings. The Labute approximate surface area is 245 Å². The molecule has 1 amide bonds. The van der Waals surface area contributed by atoms with Gasteiger partial charge >= 0.3 is 5.97 Å². The first-order chi connectivity index (χ1) is 20.1. The first-order valence-electron chi connectivity index (χ1n) is 13.1. The highest BCUT2D eigenvalue weighted by Crippen LogP contribution is 2.33. The van der Waals surface area contributed by atoms with Gasteiger partial charge in [0.2, 0.25) is 11.8 Å². The maximum absolute atomic E-state index is 13.8. The van der Waals surface area contributed by atoms with Crippen molar-refractivity contribution in [2.24, 2.45) is 0 Å². The molecule has 4 aromatic rings. The second-order valence-corrected chi connectivity index (χ2v) is 10.3. The molecule has 0 aliphatic carbocycles. The van der Waals surface area contributed by atoms with E-state index in [-0.39, 0.29) is 30.1 Å². The number of carboxylic acid groups (broad SMARTS) is 1. The number of hydrogen-bond acceptors (Lipinski definition) is 7. The predicted molar refractivity (Wildman–Crippen MR) is 159 cm³/mol. The Balaban J connectivity index is 1.54. The second kappa shape index (κ2) is 11.9. The number of aliphatic carboxylic acids is 1. The molecule has 1 aliphatic rings. The molecule has 0 saturated carbocycles. The summed E-state index contributed by atoms with van der Waals surface area (Å²) in [4.78, 5) is 51.1. The highest BCUT2D eigenvalue weighted by Gasteiger charge is 2.29. The first-order valence-corrected chi connectivity index (χ1v) is 13.5. The van der Waals surface area contributed by atoms with Crippen molar-refractivity contribution >= 4 is 40.6 Å². The number of nitrogens with zero attached hydrogens (tertiary/aromatic N) is 2. The lowest BCUT2D eigenvalue weighted by molar-refractivity contribution is -0.137. The van der Waals surface area contributed by atoms with Gasteiger partial charge in [-0.2, -0.15) is 0 Å². The SMILES string of the molecule is COc1nn([C@@H](Cc2ccccc2)C(=O)Nc2ccc3c(c2)CC(C(=O)O)N3)c(=O)cc1-c1cc(Cl)ccc1C(C)=O. The fourth-order valence-corrected chi connectivity index (χ4v) is 5.18. The minimum atomic E-state index is -1.08. The molecule has 2 heterocycles. The number of rotatable bonds is 9. The number of fused-ring (bicyclic) bond motifs is 1. The van der Waals surface area contributed by atoms with Gasteiger partial charge in [0.05, 0.1) is 12.7 Å². The zero-order chi connectivity index (χ0) is 30.0. The summed E-state index contributed by atoms with van der Waals surface area (Å²) >= 11 is 6.21.